The van der Waals surface area contributed by atoms with Crippen molar-refractivity contribution in [3.8, 4) is 0 Å². The molecule has 0 radical (unpaired) electrons. The van der Waals surface area contributed by atoms with Gasteiger partial charge in [0.05, 0.1) is 0 Å². The number of rotatable bonds is 6. The van der Waals surface area contributed by atoms with E-state index in [1.165, 1.54) is 5.56 Å². The van der Waals surface area contributed by atoms with Gasteiger partial charge in [-0.25, -0.2) is 0 Å². The molecule has 0 saturated heterocycles. The third-order valence-corrected chi connectivity index (χ3v) is 3.63. The third-order valence-electron chi connectivity index (χ3n) is 3.63. The van der Waals surface area contributed by atoms with E-state index in [9.17, 15) is 4.79 Å². The first-order valence-corrected chi connectivity index (χ1v) is 7.73. The standard InChI is InChI=1S/C20H23NO/c1-16(15-19-11-7-4-8-12-19)20(22)21-17(2)13-14-18-9-5-3-6-10-18/h3-12,15,17H,13-14H2,1-2H3,(H,21,22)/b16-15+/t17-/m1/s1. The Balaban J connectivity index is 1.84. The summed E-state index contributed by atoms with van der Waals surface area (Å²) in [6.07, 6.45) is 3.83. The highest BCUT2D eigenvalue weighted by Gasteiger charge is 2.09. The molecule has 0 fully saturated rings. The van der Waals surface area contributed by atoms with Gasteiger partial charge in [-0.15, -0.1) is 0 Å². The smallest absolute Gasteiger partial charge is 0.247 e. The lowest BCUT2D eigenvalue weighted by atomic mass is 10.1. The molecule has 2 aromatic carbocycles. The summed E-state index contributed by atoms with van der Waals surface area (Å²) in [5.74, 6) is 0.00409. The molecule has 0 bridgehead atoms. The second-order valence-corrected chi connectivity index (χ2v) is 5.64. The fourth-order valence-corrected chi connectivity index (χ4v) is 2.30. The van der Waals surface area contributed by atoms with Crippen LogP contribution in [0.4, 0.5) is 0 Å². The third kappa shape index (κ3) is 5.21. The van der Waals surface area contributed by atoms with Crippen molar-refractivity contribution < 1.29 is 4.79 Å². The van der Waals surface area contributed by atoms with Crippen molar-refractivity contribution in [2.45, 2.75) is 32.7 Å². The molecule has 0 unspecified atom stereocenters. The molecule has 0 aromatic heterocycles. The first kappa shape index (κ1) is 16.0. The zero-order valence-electron chi connectivity index (χ0n) is 13.3. The number of aryl methyl sites for hydroxylation is 1. The van der Waals surface area contributed by atoms with Crippen LogP contribution < -0.4 is 5.32 Å². The summed E-state index contributed by atoms with van der Waals surface area (Å²) < 4.78 is 0. The minimum atomic E-state index is 0.00409. The van der Waals surface area contributed by atoms with Crippen molar-refractivity contribution >= 4 is 12.0 Å². The highest BCUT2D eigenvalue weighted by atomic mass is 16.1. The first-order valence-electron chi connectivity index (χ1n) is 7.73. The molecule has 2 nitrogen and oxygen atoms in total. The highest BCUT2D eigenvalue weighted by Crippen LogP contribution is 2.08. The molecule has 0 spiro atoms. The number of nitrogens with one attached hydrogen (secondary N) is 1. The summed E-state index contributed by atoms with van der Waals surface area (Å²) in [4.78, 5) is 12.2. The zero-order chi connectivity index (χ0) is 15.8. The Kier molecular flexibility index (Phi) is 5.96. The fourth-order valence-electron chi connectivity index (χ4n) is 2.30. The van der Waals surface area contributed by atoms with E-state index in [1.54, 1.807) is 0 Å². The van der Waals surface area contributed by atoms with Gasteiger partial charge >= 0.3 is 0 Å². The Morgan fingerprint density at radius 2 is 1.64 bits per heavy atom. The van der Waals surface area contributed by atoms with Gasteiger partial charge < -0.3 is 5.32 Å². The van der Waals surface area contributed by atoms with Crippen molar-refractivity contribution in [3.63, 3.8) is 0 Å². The molecule has 0 aliphatic heterocycles. The number of hydrogen-bond acceptors (Lipinski definition) is 1. The van der Waals surface area contributed by atoms with Crippen LogP contribution in [0.5, 0.6) is 0 Å². The molecule has 0 saturated carbocycles. The summed E-state index contributed by atoms with van der Waals surface area (Å²) in [5.41, 5.74) is 3.09. The molecule has 1 N–H and O–H groups in total. The average molecular weight is 293 g/mol. The SMILES string of the molecule is C/C(=C\c1ccccc1)C(=O)N[C@H](C)CCc1ccccc1. The van der Waals surface area contributed by atoms with Crippen molar-refractivity contribution in [2.75, 3.05) is 0 Å². The van der Waals surface area contributed by atoms with Gasteiger partial charge in [-0.1, -0.05) is 60.7 Å². The minimum Gasteiger partial charge on any atom is -0.350 e. The van der Waals surface area contributed by atoms with Gasteiger partial charge in [0.1, 0.15) is 0 Å². The molecule has 22 heavy (non-hydrogen) atoms. The molecular formula is C20H23NO. The largest absolute Gasteiger partial charge is 0.350 e. The number of carbonyl (C=O) groups excluding carboxylic acids is 1. The lowest BCUT2D eigenvalue weighted by Crippen LogP contribution is -2.33. The lowest BCUT2D eigenvalue weighted by Gasteiger charge is -2.14. The van der Waals surface area contributed by atoms with E-state index in [2.05, 4.69) is 24.4 Å². The van der Waals surface area contributed by atoms with Crippen LogP contribution in [-0.4, -0.2) is 11.9 Å². The number of hydrogen-bond donors (Lipinski definition) is 1. The summed E-state index contributed by atoms with van der Waals surface area (Å²) in [6.45, 7) is 3.91. The van der Waals surface area contributed by atoms with Crippen molar-refractivity contribution in [1.82, 2.24) is 5.32 Å². The van der Waals surface area contributed by atoms with Gasteiger partial charge in [0.2, 0.25) is 5.91 Å². The van der Waals surface area contributed by atoms with Gasteiger partial charge in [-0.05, 0) is 43.9 Å². The van der Waals surface area contributed by atoms with E-state index >= 15 is 0 Å². The molecule has 0 aliphatic carbocycles. The van der Waals surface area contributed by atoms with E-state index in [-0.39, 0.29) is 11.9 Å². The predicted molar refractivity (Wildman–Crippen MR) is 92.5 cm³/mol. The van der Waals surface area contributed by atoms with Crippen LogP contribution in [0.15, 0.2) is 66.2 Å². The van der Waals surface area contributed by atoms with Crippen LogP contribution >= 0.6 is 0 Å². The van der Waals surface area contributed by atoms with Crippen LogP contribution in [0.2, 0.25) is 0 Å². The Labute approximate surface area is 132 Å². The topological polar surface area (TPSA) is 29.1 Å². The number of amides is 1. The minimum absolute atomic E-state index is 0.00409. The maximum Gasteiger partial charge on any atom is 0.247 e. The van der Waals surface area contributed by atoms with Crippen molar-refractivity contribution in [3.05, 3.63) is 77.4 Å². The average Bonchev–Trinajstić information content (AvgIpc) is 2.55. The Morgan fingerprint density at radius 1 is 1.05 bits per heavy atom. The molecular weight excluding hydrogens is 270 g/mol. The molecule has 114 valence electrons. The van der Waals surface area contributed by atoms with Crippen LogP contribution in [0.3, 0.4) is 0 Å². The summed E-state index contributed by atoms with van der Waals surface area (Å²) >= 11 is 0. The Morgan fingerprint density at radius 3 is 2.27 bits per heavy atom. The van der Waals surface area contributed by atoms with Gasteiger partial charge in [-0.2, -0.15) is 0 Å². The molecule has 2 aromatic rings. The van der Waals surface area contributed by atoms with E-state index in [0.717, 1.165) is 24.0 Å². The van der Waals surface area contributed by atoms with Crippen molar-refractivity contribution in [1.29, 1.82) is 0 Å². The monoisotopic (exact) mass is 293 g/mol. The van der Waals surface area contributed by atoms with E-state index in [0.29, 0.717) is 0 Å². The van der Waals surface area contributed by atoms with E-state index in [4.69, 9.17) is 0 Å². The van der Waals surface area contributed by atoms with E-state index in [1.807, 2.05) is 61.5 Å². The molecule has 1 amide bonds. The van der Waals surface area contributed by atoms with E-state index < -0.39 is 0 Å². The molecule has 0 heterocycles. The summed E-state index contributed by atoms with van der Waals surface area (Å²) in [6, 6.07) is 20.4. The molecule has 2 rings (SSSR count). The number of benzene rings is 2. The van der Waals surface area contributed by atoms with Crippen molar-refractivity contribution in [2.24, 2.45) is 0 Å². The van der Waals surface area contributed by atoms with Gasteiger partial charge in [0.25, 0.3) is 0 Å². The van der Waals surface area contributed by atoms with Crippen LogP contribution in [0.1, 0.15) is 31.4 Å². The highest BCUT2D eigenvalue weighted by molar-refractivity contribution is 5.97. The molecule has 1 atom stereocenters. The maximum absolute atomic E-state index is 12.2. The predicted octanol–water partition coefficient (Wildman–Crippen LogP) is 4.23. The lowest BCUT2D eigenvalue weighted by molar-refractivity contribution is -0.118. The van der Waals surface area contributed by atoms with Gasteiger partial charge in [-0.3, -0.25) is 4.79 Å². The summed E-state index contributed by atoms with van der Waals surface area (Å²) in [5, 5.41) is 3.06. The molecule has 0 aliphatic rings. The summed E-state index contributed by atoms with van der Waals surface area (Å²) in [7, 11) is 0. The van der Waals surface area contributed by atoms with Crippen LogP contribution in [0, 0.1) is 0 Å². The van der Waals surface area contributed by atoms with Crippen LogP contribution in [-0.2, 0) is 11.2 Å². The molecule has 2 heteroatoms. The van der Waals surface area contributed by atoms with Gasteiger partial charge in [0.15, 0.2) is 0 Å². The second kappa shape index (κ2) is 8.18. The van der Waals surface area contributed by atoms with Gasteiger partial charge in [0, 0.05) is 11.6 Å². The zero-order valence-corrected chi connectivity index (χ0v) is 13.3. The first-order chi connectivity index (χ1) is 10.6. The second-order valence-electron chi connectivity index (χ2n) is 5.64. The fraction of sp³-hybridized carbons (Fsp3) is 0.250. The normalized spacial score (nSPS) is 12.7. The quantitative estimate of drug-likeness (QED) is 0.794. The number of carbonyl (C=O) groups is 1. The Bertz CT molecular complexity index is 617. The maximum atomic E-state index is 12.2. The Hall–Kier alpha value is -2.35. The van der Waals surface area contributed by atoms with Crippen LogP contribution in [0.25, 0.3) is 6.08 Å².